The standard InChI is InChI=1S/C29H38N4O7/c1-29(2,3)24-26(34)33-15-18(14-22(33)27(35)36)39-25-20(30-19-11-10-17(38-4)13-21(19)31-25)9-7-5-6-8-16-12-23(16)40-28(37)32-24/h10-11,13,16,18,22-24H,5-9,12,14-15H2,1-4H3,(H,32,37)(H,35,36)/t16-,18-,22+,23+,24-/m1/s1. The number of methoxy groups -OCH3 is 1. The molecule has 5 rings (SSSR count). The van der Waals surface area contributed by atoms with E-state index < -0.39 is 41.6 Å². The lowest BCUT2D eigenvalue weighted by molar-refractivity contribution is -0.150. The van der Waals surface area contributed by atoms with Gasteiger partial charge in [-0.2, -0.15) is 0 Å². The van der Waals surface area contributed by atoms with E-state index in [0.717, 1.165) is 37.6 Å². The Balaban J connectivity index is 1.48. The monoisotopic (exact) mass is 554 g/mol. The van der Waals surface area contributed by atoms with Gasteiger partial charge in [0, 0.05) is 12.5 Å². The van der Waals surface area contributed by atoms with Gasteiger partial charge in [0.15, 0.2) is 0 Å². The molecule has 0 radical (unpaired) electrons. The van der Waals surface area contributed by atoms with Crippen LogP contribution >= 0.6 is 0 Å². The first-order chi connectivity index (χ1) is 19.0. The number of carbonyl (C=O) groups is 3. The number of carboxylic acids is 1. The van der Waals surface area contributed by atoms with Crippen molar-refractivity contribution < 1.29 is 33.7 Å². The number of amides is 2. The molecule has 0 unspecified atom stereocenters. The zero-order chi connectivity index (χ0) is 28.6. The number of aryl methyl sites for hydroxylation is 1. The summed E-state index contributed by atoms with van der Waals surface area (Å²) in [6.45, 7) is 5.52. The van der Waals surface area contributed by atoms with E-state index in [1.807, 2.05) is 32.9 Å². The molecule has 11 heteroatoms. The molecule has 5 atom stereocenters. The van der Waals surface area contributed by atoms with Crippen LogP contribution in [-0.4, -0.2) is 75.9 Å². The number of nitrogens with one attached hydrogen (secondary N) is 1. The first kappa shape index (κ1) is 27.9. The average Bonchev–Trinajstić information content (AvgIpc) is 3.48. The highest BCUT2D eigenvalue weighted by Gasteiger charge is 2.47. The Morgan fingerprint density at radius 1 is 1.10 bits per heavy atom. The van der Waals surface area contributed by atoms with Crippen molar-refractivity contribution in [3.05, 3.63) is 23.9 Å². The van der Waals surface area contributed by atoms with Crippen molar-refractivity contribution in [3.63, 3.8) is 0 Å². The van der Waals surface area contributed by atoms with Crippen LogP contribution in [0.1, 0.15) is 65.0 Å². The summed E-state index contributed by atoms with van der Waals surface area (Å²) in [5, 5.41) is 12.7. The number of aliphatic carboxylic acids is 1. The molecule has 1 saturated carbocycles. The summed E-state index contributed by atoms with van der Waals surface area (Å²) >= 11 is 0. The summed E-state index contributed by atoms with van der Waals surface area (Å²) in [5.74, 6) is -0.301. The van der Waals surface area contributed by atoms with Gasteiger partial charge in [0.25, 0.3) is 0 Å². The molecule has 2 amide bonds. The maximum Gasteiger partial charge on any atom is 0.408 e. The predicted octanol–water partition coefficient (Wildman–Crippen LogP) is 3.72. The fourth-order valence-electron chi connectivity index (χ4n) is 5.60. The number of alkyl carbamates (subject to hydrolysis) is 1. The lowest BCUT2D eigenvalue weighted by Gasteiger charge is -2.34. The van der Waals surface area contributed by atoms with Crippen molar-refractivity contribution in [1.29, 1.82) is 0 Å². The van der Waals surface area contributed by atoms with Crippen LogP contribution in [0.3, 0.4) is 0 Å². The number of nitrogens with zero attached hydrogens (tertiary/aromatic N) is 3. The van der Waals surface area contributed by atoms with E-state index in [4.69, 9.17) is 24.2 Å². The largest absolute Gasteiger partial charge is 0.497 e. The van der Waals surface area contributed by atoms with E-state index in [-0.39, 0.29) is 19.1 Å². The van der Waals surface area contributed by atoms with E-state index >= 15 is 0 Å². The van der Waals surface area contributed by atoms with E-state index in [9.17, 15) is 19.5 Å². The van der Waals surface area contributed by atoms with Gasteiger partial charge in [0.05, 0.1) is 24.7 Å². The summed E-state index contributed by atoms with van der Waals surface area (Å²) < 4.78 is 17.3. The molecular formula is C29H38N4O7. The van der Waals surface area contributed by atoms with Crippen LogP contribution in [0.5, 0.6) is 11.6 Å². The molecule has 2 fully saturated rings. The quantitative estimate of drug-likeness (QED) is 0.568. The number of ether oxygens (including phenoxy) is 3. The first-order valence-electron chi connectivity index (χ1n) is 14.0. The zero-order valence-electron chi connectivity index (χ0n) is 23.5. The maximum absolute atomic E-state index is 13.8. The van der Waals surface area contributed by atoms with E-state index in [2.05, 4.69) is 5.32 Å². The van der Waals surface area contributed by atoms with E-state index in [1.165, 1.54) is 4.90 Å². The van der Waals surface area contributed by atoms with Crippen LogP contribution < -0.4 is 14.8 Å². The lowest BCUT2D eigenvalue weighted by Crippen LogP contribution is -2.57. The van der Waals surface area contributed by atoms with Gasteiger partial charge in [0.2, 0.25) is 11.8 Å². The number of carboxylic acid groups (broad SMARTS) is 1. The van der Waals surface area contributed by atoms with E-state index in [1.54, 1.807) is 13.2 Å². The first-order valence-corrected chi connectivity index (χ1v) is 14.0. The van der Waals surface area contributed by atoms with Crippen LogP contribution in [0, 0.1) is 11.3 Å². The van der Waals surface area contributed by atoms with Crippen LogP contribution in [0.25, 0.3) is 11.0 Å². The number of hydrogen-bond acceptors (Lipinski definition) is 8. The molecule has 1 aliphatic carbocycles. The highest BCUT2D eigenvalue weighted by molar-refractivity contribution is 5.90. The molecular weight excluding hydrogens is 516 g/mol. The van der Waals surface area contributed by atoms with Crippen molar-refractivity contribution >= 4 is 29.0 Å². The number of fused-ring (bicyclic) bond motifs is 5. The van der Waals surface area contributed by atoms with Gasteiger partial charge < -0.3 is 29.5 Å². The summed E-state index contributed by atoms with van der Waals surface area (Å²) in [6.07, 6.45) is 3.97. The van der Waals surface area contributed by atoms with Gasteiger partial charge in [-0.15, -0.1) is 0 Å². The zero-order valence-corrected chi connectivity index (χ0v) is 23.5. The average molecular weight is 555 g/mol. The van der Waals surface area contributed by atoms with Gasteiger partial charge >= 0.3 is 12.1 Å². The minimum absolute atomic E-state index is 0.0427. The predicted molar refractivity (Wildman–Crippen MR) is 145 cm³/mol. The van der Waals surface area contributed by atoms with Crippen molar-refractivity contribution in [3.8, 4) is 11.6 Å². The second kappa shape index (κ2) is 11.1. The van der Waals surface area contributed by atoms with Gasteiger partial charge in [-0.1, -0.05) is 33.6 Å². The molecule has 2 N–H and O–H groups in total. The van der Waals surface area contributed by atoms with Crippen molar-refractivity contribution in [2.24, 2.45) is 11.3 Å². The number of rotatable bonds is 2. The molecule has 3 aliphatic rings. The fraction of sp³-hybridized carbons (Fsp3) is 0.621. The van der Waals surface area contributed by atoms with Crippen molar-refractivity contribution in [2.45, 2.75) is 90.0 Å². The Morgan fingerprint density at radius 3 is 2.62 bits per heavy atom. The van der Waals surface area contributed by atoms with Crippen molar-refractivity contribution in [1.82, 2.24) is 20.2 Å². The summed E-state index contributed by atoms with van der Waals surface area (Å²) in [7, 11) is 1.58. The van der Waals surface area contributed by atoms with E-state index in [0.29, 0.717) is 35.2 Å². The molecule has 11 nitrogen and oxygen atoms in total. The Morgan fingerprint density at radius 2 is 1.90 bits per heavy atom. The maximum atomic E-state index is 13.8. The van der Waals surface area contributed by atoms with Crippen LogP contribution in [0.4, 0.5) is 4.79 Å². The van der Waals surface area contributed by atoms with Gasteiger partial charge in [0.1, 0.15) is 35.7 Å². The molecule has 3 heterocycles. The molecule has 1 aromatic carbocycles. The third-order valence-electron chi connectivity index (χ3n) is 8.00. The van der Waals surface area contributed by atoms with Gasteiger partial charge in [-0.25, -0.2) is 19.6 Å². The summed E-state index contributed by atoms with van der Waals surface area (Å²) in [6, 6.07) is 3.40. The van der Waals surface area contributed by atoms with Gasteiger partial charge in [-0.3, -0.25) is 4.79 Å². The SMILES string of the molecule is COc1ccc2nc3c(nc2c1)O[C@@H]1C[C@@H](C(=O)O)N(C1)C(=O)[C@H](C(C)(C)C)NC(=O)O[C@H]1C[C@H]1CCCCC3. The topological polar surface area (TPSA) is 140 Å². The second-order valence-corrected chi connectivity index (χ2v) is 12.1. The highest BCUT2D eigenvalue weighted by Crippen LogP contribution is 2.39. The normalized spacial score (nSPS) is 27.8. The Bertz CT molecular complexity index is 1290. The Labute approximate surface area is 233 Å². The molecule has 0 spiro atoms. The highest BCUT2D eigenvalue weighted by atomic mass is 16.6. The second-order valence-electron chi connectivity index (χ2n) is 12.1. The Kier molecular flexibility index (Phi) is 7.74. The van der Waals surface area contributed by atoms with Crippen LogP contribution in [0.2, 0.25) is 0 Å². The summed E-state index contributed by atoms with van der Waals surface area (Å²) in [4.78, 5) is 49.7. The fourth-order valence-corrected chi connectivity index (χ4v) is 5.60. The summed E-state index contributed by atoms with van der Waals surface area (Å²) in [5.41, 5.74) is 1.36. The van der Waals surface area contributed by atoms with Crippen molar-refractivity contribution in [2.75, 3.05) is 13.7 Å². The number of benzene rings is 1. The number of carbonyl (C=O) groups excluding carboxylic acids is 2. The third-order valence-corrected chi connectivity index (χ3v) is 8.00. The Hall–Kier alpha value is -3.63. The minimum atomic E-state index is -1.13. The van der Waals surface area contributed by atoms with Crippen LogP contribution in [-0.2, 0) is 20.7 Å². The molecule has 216 valence electrons. The third kappa shape index (κ3) is 6.08. The number of aromatic nitrogens is 2. The molecule has 40 heavy (non-hydrogen) atoms. The smallest absolute Gasteiger partial charge is 0.408 e. The molecule has 2 aliphatic heterocycles. The molecule has 2 aromatic rings. The molecule has 1 aromatic heterocycles. The van der Waals surface area contributed by atoms with Crippen LogP contribution in [0.15, 0.2) is 18.2 Å². The molecule has 1 saturated heterocycles. The minimum Gasteiger partial charge on any atom is -0.497 e. The van der Waals surface area contributed by atoms with Gasteiger partial charge in [-0.05, 0) is 49.1 Å². The molecule has 2 bridgehead atoms. The number of hydrogen-bond donors (Lipinski definition) is 2. The lowest BCUT2D eigenvalue weighted by atomic mass is 9.85.